The van der Waals surface area contributed by atoms with Crippen LogP contribution < -0.4 is 4.72 Å². The van der Waals surface area contributed by atoms with Gasteiger partial charge in [0.1, 0.15) is 0 Å². The second-order valence-electron chi connectivity index (χ2n) is 7.63. The number of alkyl halides is 3. The van der Waals surface area contributed by atoms with Gasteiger partial charge in [0.25, 0.3) is 0 Å². The molecule has 9 heteroatoms. The molecule has 2 saturated carbocycles. The monoisotopic (exact) mass is 393 g/mol. The molecule has 2 aliphatic carbocycles. The average molecular weight is 393 g/mol. The van der Waals surface area contributed by atoms with Crippen LogP contribution in [0.3, 0.4) is 0 Å². The Balaban J connectivity index is 1.79. The molecule has 5 nitrogen and oxygen atoms in total. The summed E-state index contributed by atoms with van der Waals surface area (Å²) in [5.74, 6) is 0.138. The Kier molecular flexibility index (Phi) is 5.67. The molecule has 0 bridgehead atoms. The average Bonchev–Trinajstić information content (AvgIpc) is 3.00. The van der Waals surface area contributed by atoms with Crippen LogP contribution in [0.1, 0.15) is 81.1 Å². The molecular weight excluding hydrogens is 367 g/mol. The Labute approximate surface area is 152 Å². The van der Waals surface area contributed by atoms with Crippen molar-refractivity contribution in [2.24, 2.45) is 0 Å². The standard InChI is InChI=1S/C17H26F3N3O2S/c1-26(24,25)22-13-7-9-14(10-8-13)23-15(12-5-3-2-4-6-12)11-16(21-23)17(18,19)20/h11-14,22H,2-10H2,1H3. The second-order valence-corrected chi connectivity index (χ2v) is 9.41. The van der Waals surface area contributed by atoms with E-state index in [0.717, 1.165) is 38.4 Å². The van der Waals surface area contributed by atoms with Crippen molar-refractivity contribution < 1.29 is 21.6 Å². The van der Waals surface area contributed by atoms with E-state index in [1.54, 1.807) is 4.68 Å². The first kappa shape index (κ1) is 19.7. The van der Waals surface area contributed by atoms with Gasteiger partial charge in [-0.05, 0) is 44.6 Å². The molecule has 0 aromatic carbocycles. The second kappa shape index (κ2) is 7.50. The molecule has 1 aromatic rings. The van der Waals surface area contributed by atoms with E-state index >= 15 is 0 Å². The predicted molar refractivity (Wildman–Crippen MR) is 92.3 cm³/mol. The maximum absolute atomic E-state index is 13.2. The number of sulfonamides is 1. The molecule has 2 aliphatic rings. The third kappa shape index (κ3) is 4.79. The molecule has 1 N–H and O–H groups in total. The number of aromatic nitrogens is 2. The smallest absolute Gasteiger partial charge is 0.266 e. The highest BCUT2D eigenvalue weighted by atomic mass is 32.2. The number of rotatable bonds is 4. The van der Waals surface area contributed by atoms with Crippen molar-refractivity contribution in [3.63, 3.8) is 0 Å². The van der Waals surface area contributed by atoms with Crippen molar-refractivity contribution in [3.8, 4) is 0 Å². The highest BCUT2D eigenvalue weighted by molar-refractivity contribution is 7.88. The molecule has 0 amide bonds. The fourth-order valence-electron chi connectivity index (χ4n) is 4.28. The van der Waals surface area contributed by atoms with Gasteiger partial charge < -0.3 is 0 Å². The van der Waals surface area contributed by atoms with Gasteiger partial charge in [-0.2, -0.15) is 18.3 Å². The summed E-state index contributed by atoms with van der Waals surface area (Å²) in [4.78, 5) is 0. The zero-order valence-corrected chi connectivity index (χ0v) is 15.7. The van der Waals surface area contributed by atoms with Crippen LogP contribution in [0.2, 0.25) is 0 Å². The lowest BCUT2D eigenvalue weighted by Gasteiger charge is -2.31. The van der Waals surface area contributed by atoms with E-state index in [-0.39, 0.29) is 18.0 Å². The number of nitrogens with zero attached hydrogens (tertiary/aromatic N) is 2. The highest BCUT2D eigenvalue weighted by Crippen LogP contribution is 2.39. The maximum Gasteiger partial charge on any atom is 0.435 e. The van der Waals surface area contributed by atoms with Gasteiger partial charge in [-0.3, -0.25) is 4.68 Å². The van der Waals surface area contributed by atoms with Crippen LogP contribution in [-0.2, 0) is 16.2 Å². The topological polar surface area (TPSA) is 64.0 Å². The van der Waals surface area contributed by atoms with Gasteiger partial charge >= 0.3 is 6.18 Å². The first-order valence-electron chi connectivity index (χ1n) is 9.27. The third-order valence-electron chi connectivity index (χ3n) is 5.50. The Morgan fingerprint density at radius 3 is 2.23 bits per heavy atom. The number of hydrogen-bond acceptors (Lipinski definition) is 3. The molecule has 1 aromatic heterocycles. The molecule has 26 heavy (non-hydrogen) atoms. The van der Waals surface area contributed by atoms with Crippen LogP contribution in [0.5, 0.6) is 0 Å². The van der Waals surface area contributed by atoms with Gasteiger partial charge in [0, 0.05) is 17.7 Å². The molecule has 1 heterocycles. The lowest BCUT2D eigenvalue weighted by Crippen LogP contribution is -2.37. The van der Waals surface area contributed by atoms with Crippen molar-refractivity contribution in [3.05, 3.63) is 17.5 Å². The molecule has 0 unspecified atom stereocenters. The van der Waals surface area contributed by atoms with Gasteiger partial charge in [-0.15, -0.1) is 0 Å². The number of nitrogens with one attached hydrogen (secondary N) is 1. The molecule has 3 rings (SSSR count). The minimum atomic E-state index is -4.44. The van der Waals surface area contributed by atoms with Crippen LogP contribution in [0.4, 0.5) is 13.2 Å². The SMILES string of the molecule is CS(=O)(=O)NC1CCC(n2nc(C(F)(F)F)cc2C2CCCCC2)CC1. The van der Waals surface area contributed by atoms with Gasteiger partial charge in [0.05, 0.1) is 12.3 Å². The van der Waals surface area contributed by atoms with Crippen molar-refractivity contribution in [1.29, 1.82) is 0 Å². The zero-order chi connectivity index (χ0) is 18.9. The number of halogens is 3. The fourth-order valence-corrected chi connectivity index (χ4v) is 5.13. The predicted octanol–water partition coefficient (Wildman–Crippen LogP) is 3.98. The van der Waals surface area contributed by atoms with Crippen LogP contribution in [0.15, 0.2) is 6.07 Å². The Bertz CT molecular complexity index is 716. The van der Waals surface area contributed by atoms with Crippen molar-refractivity contribution in [2.75, 3.05) is 6.26 Å². The van der Waals surface area contributed by atoms with Gasteiger partial charge in [0.2, 0.25) is 10.0 Å². The first-order chi connectivity index (χ1) is 12.1. The summed E-state index contributed by atoms with van der Waals surface area (Å²) in [5, 5.41) is 3.93. The van der Waals surface area contributed by atoms with E-state index in [9.17, 15) is 21.6 Å². The van der Waals surface area contributed by atoms with E-state index in [2.05, 4.69) is 9.82 Å². The molecule has 0 radical (unpaired) electrons. The maximum atomic E-state index is 13.2. The summed E-state index contributed by atoms with van der Waals surface area (Å²) in [6.45, 7) is 0. The molecule has 0 saturated heterocycles. The summed E-state index contributed by atoms with van der Waals surface area (Å²) in [7, 11) is -3.27. The van der Waals surface area contributed by atoms with Crippen molar-refractivity contribution in [2.45, 2.75) is 82.0 Å². The van der Waals surface area contributed by atoms with Gasteiger partial charge in [-0.25, -0.2) is 13.1 Å². The largest absolute Gasteiger partial charge is 0.435 e. The minimum absolute atomic E-state index is 0.0966. The molecule has 0 atom stereocenters. The summed E-state index contributed by atoms with van der Waals surface area (Å²) in [6, 6.07) is 0.995. The van der Waals surface area contributed by atoms with Gasteiger partial charge in [-0.1, -0.05) is 19.3 Å². The lowest BCUT2D eigenvalue weighted by atomic mass is 9.86. The summed E-state index contributed by atoms with van der Waals surface area (Å²) in [6.07, 6.45) is 4.22. The van der Waals surface area contributed by atoms with Crippen LogP contribution in [0.25, 0.3) is 0 Å². The highest BCUT2D eigenvalue weighted by Gasteiger charge is 2.37. The van der Waals surface area contributed by atoms with Crippen molar-refractivity contribution in [1.82, 2.24) is 14.5 Å². The van der Waals surface area contributed by atoms with E-state index < -0.39 is 21.9 Å². The minimum Gasteiger partial charge on any atom is -0.266 e. The lowest BCUT2D eigenvalue weighted by molar-refractivity contribution is -0.141. The van der Waals surface area contributed by atoms with E-state index in [1.807, 2.05) is 0 Å². The molecule has 0 aliphatic heterocycles. The van der Waals surface area contributed by atoms with Gasteiger partial charge in [0.15, 0.2) is 5.69 Å². The number of hydrogen-bond donors (Lipinski definition) is 1. The Hall–Kier alpha value is -1.09. The fraction of sp³-hybridized carbons (Fsp3) is 0.824. The quantitative estimate of drug-likeness (QED) is 0.841. The first-order valence-corrected chi connectivity index (χ1v) is 11.2. The summed E-state index contributed by atoms with van der Waals surface area (Å²) >= 11 is 0. The zero-order valence-electron chi connectivity index (χ0n) is 14.9. The van der Waals surface area contributed by atoms with Crippen LogP contribution in [-0.4, -0.2) is 30.5 Å². The Morgan fingerprint density at radius 1 is 1.08 bits per heavy atom. The van der Waals surface area contributed by atoms with E-state index in [4.69, 9.17) is 0 Å². The third-order valence-corrected chi connectivity index (χ3v) is 6.26. The van der Waals surface area contributed by atoms with Crippen LogP contribution in [0, 0.1) is 0 Å². The summed E-state index contributed by atoms with van der Waals surface area (Å²) in [5.41, 5.74) is -0.106. The molecule has 148 valence electrons. The van der Waals surface area contributed by atoms with Crippen LogP contribution >= 0.6 is 0 Å². The van der Waals surface area contributed by atoms with E-state index in [1.165, 1.54) is 6.07 Å². The molecule has 0 spiro atoms. The molecular formula is C17H26F3N3O2S. The normalized spacial score (nSPS) is 26.2. The molecule has 2 fully saturated rings. The van der Waals surface area contributed by atoms with E-state index in [0.29, 0.717) is 31.4 Å². The van der Waals surface area contributed by atoms with Crippen molar-refractivity contribution >= 4 is 10.0 Å². The Morgan fingerprint density at radius 2 is 1.69 bits per heavy atom. The summed E-state index contributed by atoms with van der Waals surface area (Å²) < 4.78 is 66.6.